The number of ether oxygens (including phenoxy) is 1. The molecule has 6 heteroatoms. The lowest BCUT2D eigenvalue weighted by Crippen LogP contribution is -2.43. The third-order valence-electron chi connectivity index (χ3n) is 3.91. The van der Waals surface area contributed by atoms with Gasteiger partial charge in [-0.1, -0.05) is 0 Å². The van der Waals surface area contributed by atoms with Gasteiger partial charge in [0.1, 0.15) is 11.8 Å². The Morgan fingerprint density at radius 2 is 2.04 bits per heavy atom. The quantitative estimate of drug-likeness (QED) is 0.941. The minimum atomic E-state index is -0.477. The molecule has 3 rings (SSSR count). The minimum Gasteiger partial charge on any atom is -0.497 e. The summed E-state index contributed by atoms with van der Waals surface area (Å²) in [5.41, 5.74) is 0.674. The number of furan rings is 1. The summed E-state index contributed by atoms with van der Waals surface area (Å²) in [5.74, 6) is 0.544. The van der Waals surface area contributed by atoms with E-state index in [1.54, 1.807) is 48.4 Å². The van der Waals surface area contributed by atoms with Gasteiger partial charge in [0.15, 0.2) is 5.76 Å². The Morgan fingerprint density at radius 1 is 1.26 bits per heavy atom. The topological polar surface area (TPSA) is 71.8 Å². The van der Waals surface area contributed by atoms with E-state index in [1.807, 2.05) is 0 Å². The van der Waals surface area contributed by atoms with Crippen LogP contribution in [-0.4, -0.2) is 36.4 Å². The number of likely N-dealkylation sites (tertiary alicyclic amines) is 1. The first-order valence-electron chi connectivity index (χ1n) is 7.48. The molecule has 0 bridgehead atoms. The van der Waals surface area contributed by atoms with Gasteiger partial charge in [0.25, 0.3) is 5.91 Å². The van der Waals surface area contributed by atoms with Crippen LogP contribution in [0.4, 0.5) is 5.69 Å². The number of methoxy groups -OCH3 is 1. The van der Waals surface area contributed by atoms with Gasteiger partial charge < -0.3 is 19.4 Å². The molecule has 1 fully saturated rings. The second-order valence-corrected chi connectivity index (χ2v) is 5.35. The molecule has 0 aliphatic carbocycles. The van der Waals surface area contributed by atoms with Gasteiger partial charge in [0, 0.05) is 12.2 Å². The van der Waals surface area contributed by atoms with Gasteiger partial charge in [0.2, 0.25) is 5.91 Å². The molecule has 1 atom stereocenters. The normalized spacial score (nSPS) is 17.1. The van der Waals surface area contributed by atoms with Crippen LogP contribution in [-0.2, 0) is 4.79 Å². The summed E-state index contributed by atoms with van der Waals surface area (Å²) in [6.07, 6.45) is 2.90. The highest BCUT2D eigenvalue weighted by atomic mass is 16.5. The summed E-state index contributed by atoms with van der Waals surface area (Å²) in [5, 5.41) is 2.85. The van der Waals surface area contributed by atoms with Crippen molar-refractivity contribution in [2.24, 2.45) is 0 Å². The van der Waals surface area contributed by atoms with E-state index in [0.29, 0.717) is 18.7 Å². The Balaban J connectivity index is 1.69. The molecule has 23 heavy (non-hydrogen) atoms. The Labute approximate surface area is 134 Å². The largest absolute Gasteiger partial charge is 0.497 e. The lowest BCUT2D eigenvalue weighted by Gasteiger charge is -2.23. The number of carbonyl (C=O) groups is 2. The van der Waals surface area contributed by atoms with Gasteiger partial charge in [-0.3, -0.25) is 9.59 Å². The van der Waals surface area contributed by atoms with Gasteiger partial charge in [-0.2, -0.15) is 0 Å². The van der Waals surface area contributed by atoms with Gasteiger partial charge in [-0.25, -0.2) is 0 Å². The maximum Gasteiger partial charge on any atom is 0.290 e. The van der Waals surface area contributed by atoms with Gasteiger partial charge >= 0.3 is 0 Å². The zero-order valence-corrected chi connectivity index (χ0v) is 12.8. The molecule has 1 N–H and O–H groups in total. The number of rotatable bonds is 4. The maximum atomic E-state index is 12.5. The number of hydrogen-bond donors (Lipinski definition) is 1. The molecule has 1 aliphatic heterocycles. The molecule has 2 amide bonds. The highest BCUT2D eigenvalue weighted by Crippen LogP contribution is 2.22. The van der Waals surface area contributed by atoms with Crippen LogP contribution in [0.3, 0.4) is 0 Å². The Bertz CT molecular complexity index is 679. The molecule has 120 valence electrons. The van der Waals surface area contributed by atoms with Crippen LogP contribution in [0.1, 0.15) is 23.4 Å². The van der Waals surface area contributed by atoms with E-state index in [4.69, 9.17) is 9.15 Å². The SMILES string of the molecule is COc1ccc(NC(=O)[C@H]2CCCN2C(=O)c2ccco2)cc1. The first-order chi connectivity index (χ1) is 11.2. The van der Waals surface area contributed by atoms with E-state index in [9.17, 15) is 9.59 Å². The molecule has 1 aromatic heterocycles. The van der Waals surface area contributed by atoms with Crippen LogP contribution in [0.15, 0.2) is 47.1 Å². The number of nitrogens with one attached hydrogen (secondary N) is 1. The number of benzene rings is 1. The highest BCUT2D eigenvalue weighted by molar-refractivity contribution is 6.00. The second kappa shape index (κ2) is 6.56. The Kier molecular flexibility index (Phi) is 4.32. The number of amides is 2. The van der Waals surface area contributed by atoms with E-state index in [0.717, 1.165) is 12.2 Å². The predicted octanol–water partition coefficient (Wildman–Crippen LogP) is 2.53. The summed E-state index contributed by atoms with van der Waals surface area (Å²) in [4.78, 5) is 26.4. The Morgan fingerprint density at radius 3 is 2.70 bits per heavy atom. The van der Waals surface area contributed by atoms with Crippen molar-refractivity contribution in [1.82, 2.24) is 4.90 Å². The lowest BCUT2D eigenvalue weighted by molar-refractivity contribution is -0.119. The molecule has 0 spiro atoms. The van der Waals surface area contributed by atoms with Crippen LogP contribution < -0.4 is 10.1 Å². The molecular weight excluding hydrogens is 296 g/mol. The van der Waals surface area contributed by atoms with E-state index in [-0.39, 0.29) is 17.6 Å². The monoisotopic (exact) mass is 314 g/mol. The summed E-state index contributed by atoms with van der Waals surface area (Å²) in [7, 11) is 1.59. The molecule has 0 unspecified atom stereocenters. The average molecular weight is 314 g/mol. The van der Waals surface area contributed by atoms with Crippen LogP contribution in [0.5, 0.6) is 5.75 Å². The molecule has 6 nitrogen and oxygen atoms in total. The summed E-state index contributed by atoms with van der Waals surface area (Å²) >= 11 is 0. The van der Waals surface area contributed by atoms with Crippen molar-refractivity contribution < 1.29 is 18.7 Å². The summed E-state index contributed by atoms with van der Waals surface area (Å²) in [6.45, 7) is 0.556. The van der Waals surface area contributed by atoms with E-state index < -0.39 is 6.04 Å². The molecule has 1 saturated heterocycles. The molecule has 2 heterocycles. The van der Waals surface area contributed by atoms with Crippen LogP contribution in [0.25, 0.3) is 0 Å². The lowest BCUT2D eigenvalue weighted by atomic mass is 10.2. The fraction of sp³-hybridized carbons (Fsp3) is 0.294. The van der Waals surface area contributed by atoms with Gasteiger partial charge in [-0.05, 0) is 49.2 Å². The fourth-order valence-electron chi connectivity index (χ4n) is 2.72. The van der Waals surface area contributed by atoms with Crippen molar-refractivity contribution >= 4 is 17.5 Å². The van der Waals surface area contributed by atoms with Crippen molar-refractivity contribution in [3.8, 4) is 5.75 Å². The third kappa shape index (κ3) is 3.21. The second-order valence-electron chi connectivity index (χ2n) is 5.35. The molecule has 2 aromatic rings. The van der Waals surface area contributed by atoms with Crippen LogP contribution in [0, 0.1) is 0 Å². The zero-order chi connectivity index (χ0) is 16.2. The number of carbonyl (C=O) groups excluding carboxylic acids is 2. The molecular formula is C17H18N2O4. The molecule has 1 aliphatic rings. The van der Waals surface area contributed by atoms with Crippen molar-refractivity contribution in [2.75, 3.05) is 19.0 Å². The summed E-state index contributed by atoms with van der Waals surface area (Å²) < 4.78 is 10.2. The smallest absolute Gasteiger partial charge is 0.290 e. The van der Waals surface area contributed by atoms with Gasteiger partial charge in [0.05, 0.1) is 13.4 Å². The number of hydrogen-bond acceptors (Lipinski definition) is 4. The van der Waals surface area contributed by atoms with E-state index in [2.05, 4.69) is 5.32 Å². The van der Waals surface area contributed by atoms with Crippen molar-refractivity contribution in [3.63, 3.8) is 0 Å². The van der Waals surface area contributed by atoms with E-state index >= 15 is 0 Å². The van der Waals surface area contributed by atoms with Crippen LogP contribution in [0.2, 0.25) is 0 Å². The molecule has 0 saturated carbocycles. The number of nitrogens with zero attached hydrogens (tertiary/aromatic N) is 1. The molecule has 0 radical (unpaired) electrons. The minimum absolute atomic E-state index is 0.187. The molecule has 1 aromatic carbocycles. The fourth-order valence-corrected chi connectivity index (χ4v) is 2.72. The first kappa shape index (κ1) is 15.1. The standard InChI is InChI=1S/C17H18N2O4/c1-22-13-8-6-12(7-9-13)18-16(20)14-4-2-10-19(14)17(21)15-5-3-11-23-15/h3,5-9,11,14H,2,4,10H2,1H3,(H,18,20)/t14-/m1/s1. The predicted molar refractivity (Wildman–Crippen MR) is 84.4 cm³/mol. The highest BCUT2D eigenvalue weighted by Gasteiger charge is 2.35. The zero-order valence-electron chi connectivity index (χ0n) is 12.8. The van der Waals surface area contributed by atoms with E-state index in [1.165, 1.54) is 6.26 Å². The van der Waals surface area contributed by atoms with Crippen LogP contribution >= 0.6 is 0 Å². The summed E-state index contributed by atoms with van der Waals surface area (Å²) in [6, 6.07) is 9.88. The van der Waals surface area contributed by atoms with Crippen molar-refractivity contribution in [1.29, 1.82) is 0 Å². The van der Waals surface area contributed by atoms with Crippen molar-refractivity contribution in [3.05, 3.63) is 48.4 Å². The van der Waals surface area contributed by atoms with Gasteiger partial charge in [-0.15, -0.1) is 0 Å². The average Bonchev–Trinajstić information content (AvgIpc) is 3.26. The Hall–Kier alpha value is -2.76. The number of anilines is 1. The third-order valence-corrected chi connectivity index (χ3v) is 3.91. The van der Waals surface area contributed by atoms with Crippen molar-refractivity contribution in [2.45, 2.75) is 18.9 Å². The maximum absolute atomic E-state index is 12.5. The first-order valence-corrected chi connectivity index (χ1v) is 7.48.